The van der Waals surface area contributed by atoms with Crippen LogP contribution < -0.4 is 31.1 Å². The average molecular weight is 1920 g/mol. The number of nitriles is 1. The Kier molecular flexibility index (Phi) is 44.2. The molecule has 6 aromatic carbocycles. The van der Waals surface area contributed by atoms with Crippen molar-refractivity contribution in [3.63, 3.8) is 0 Å². The number of hydrogen-bond donors (Lipinski definition) is 3. The molecule has 34 heteroatoms. The second-order valence-corrected chi connectivity index (χ2v) is 29.9. The molecule has 2 aliphatic carbocycles. The molecule has 3 atom stereocenters. The Morgan fingerprint density at radius 2 is 0.940 bits per heavy atom. The number of non-ortho nitro benzene ring substituents is 1. The molecule has 3 unspecified atom stereocenters. The fourth-order valence-electron chi connectivity index (χ4n) is 12.9. The molecule has 5 saturated heterocycles. The average Bonchev–Trinajstić information content (AvgIpc) is 1.63. The van der Waals surface area contributed by atoms with Crippen LogP contribution in [0.4, 0.5) is 34.1 Å². The van der Waals surface area contributed by atoms with E-state index in [9.17, 15) is 48.8 Å². The number of halogens is 3. The number of aliphatic hydroxyl groups excluding tert-OH is 1. The smallest absolute Gasteiger partial charge is 0.512 e. The molecule has 7 aromatic rings. The molecular formula is C82H96Br3CuFeN10O17S2. The monoisotopic (exact) mass is 1910 g/mol. The number of nitrogen functional groups attached to an aromatic ring is 1. The number of nitrogens with zero attached hydrogens (tertiary/aromatic N) is 8. The molecule has 0 spiro atoms. The second kappa shape index (κ2) is 50.7. The van der Waals surface area contributed by atoms with Crippen molar-refractivity contribution >= 4 is 152 Å². The minimum atomic E-state index is -0.611. The van der Waals surface area contributed by atoms with Crippen molar-refractivity contribution in [1.29, 1.82) is 10.5 Å². The number of nitro benzene ring substituents is 1. The first-order chi connectivity index (χ1) is 53.9. The van der Waals surface area contributed by atoms with Gasteiger partial charge in [0.2, 0.25) is 0 Å². The number of aliphatic hydroxyl groups is 1. The fourth-order valence-corrected chi connectivity index (χ4v) is 15.5. The predicted molar refractivity (Wildman–Crippen MR) is 452 cm³/mol. The van der Waals surface area contributed by atoms with Gasteiger partial charge in [0, 0.05) is 141 Å². The predicted octanol–water partition coefficient (Wildman–Crippen LogP) is 15.9. The molecule has 0 bridgehead atoms. The number of thiazole rings is 1. The Hall–Kier alpha value is -8.89. The Labute approximate surface area is 732 Å². The van der Waals surface area contributed by atoms with Crippen molar-refractivity contribution in [1.82, 2.24) is 4.98 Å². The van der Waals surface area contributed by atoms with E-state index in [1.54, 1.807) is 36.4 Å². The third-order valence-corrected chi connectivity index (χ3v) is 22.3. The summed E-state index contributed by atoms with van der Waals surface area (Å²) in [7, 11) is 8.04. The molecule has 1 aromatic heterocycles. The summed E-state index contributed by atoms with van der Waals surface area (Å²) in [5, 5.41) is 36.6. The number of ether oxygens (including phenoxy) is 7. The number of ketones is 1. The van der Waals surface area contributed by atoms with Crippen LogP contribution >= 0.6 is 71.3 Å². The zero-order valence-corrected chi connectivity index (χ0v) is 71.9. The standard InChI is InChI=1S/C19H22N2O3S.C13H16N2O2S.C13H14N2O2.C12H14BrNO2.C8H6BrNO4.C8H8BrNO2.C6H8O2.CN.2CH4.Cu.Fe/c1-24-19(23)14-11-12(21-9-2-3-10-21)7-8-13(14)18-20-15-5-4-6-16(22)17(15)25-18;1-17-13(16)11-8-9(15-6-2-3-7-15)4-5-10(11)12(14)18;1-17-13(16)12-8-11(5-4-10(12)9-14)15-6-2-3-7-15;1-16-12(15)10-8-9(4-5-11(10)13)14-6-2-3-7-14;1-14-8(11)6-4-5(10(12)13)2-3-7(6)9;1-12-8(11)6-4-5(10)2-3-7(6)9;7-4-2-1-3-5-6(4)8-5;1-2;;;;/h7-8,11,16,22H,2-6,9-10H2,1H3;4-5,8H,2-3,6-7H2,1H3,(H2,14,18);4-5,8H,2-3,6-7H2,1H3;4-5,8H,2-3,6-7H2,1H3;2-4H,1H3;2-4H,10H2,1H3;5-6H,1-3H2;;2*1H4;;/q;;;;;;;-1;;;+1;. The Morgan fingerprint density at radius 3 is 1.38 bits per heavy atom. The maximum atomic E-state index is 12.4. The summed E-state index contributed by atoms with van der Waals surface area (Å²) in [6.45, 7) is 13.0. The van der Waals surface area contributed by atoms with Crippen molar-refractivity contribution in [3.05, 3.63) is 194 Å². The number of esters is 6. The van der Waals surface area contributed by atoms with Crippen LogP contribution in [0.25, 0.3) is 10.6 Å². The van der Waals surface area contributed by atoms with Gasteiger partial charge in [-0.3, -0.25) is 14.9 Å². The van der Waals surface area contributed by atoms with E-state index < -0.39 is 34.9 Å². The van der Waals surface area contributed by atoms with Gasteiger partial charge in [-0.2, -0.15) is 5.26 Å². The molecule has 116 heavy (non-hydrogen) atoms. The summed E-state index contributed by atoms with van der Waals surface area (Å²) < 4.78 is 35.2. The van der Waals surface area contributed by atoms with E-state index in [-0.39, 0.29) is 83.3 Å². The number of carbonyl (C=O) groups is 7. The van der Waals surface area contributed by atoms with E-state index in [4.69, 9.17) is 64.7 Å². The van der Waals surface area contributed by atoms with Gasteiger partial charge in [-0.15, -0.1) is 11.3 Å². The molecule has 14 rings (SSSR count). The maximum Gasteiger partial charge on any atom is 1.00 e. The molecule has 6 fully saturated rings. The number of nitro groups is 1. The maximum absolute atomic E-state index is 12.4. The fraction of sp³-hybridized carbons (Fsp3) is 0.402. The number of hydrogen-bond acceptors (Lipinski definition) is 27. The quantitative estimate of drug-likeness (QED) is 0.0111. The second-order valence-electron chi connectivity index (χ2n) is 25.9. The van der Waals surface area contributed by atoms with Crippen LogP contribution in [-0.4, -0.2) is 169 Å². The molecule has 6 heterocycles. The number of methoxy groups -OCH3 is 6. The van der Waals surface area contributed by atoms with Gasteiger partial charge in [-0.05, 0) is 228 Å². The minimum absolute atomic E-state index is 0. The number of carbonyl (C=O) groups excluding carboxylic acids is 7. The van der Waals surface area contributed by atoms with E-state index in [0.717, 1.165) is 145 Å². The van der Waals surface area contributed by atoms with Crippen LogP contribution in [0, 0.1) is 33.3 Å². The summed E-state index contributed by atoms with van der Waals surface area (Å²) in [6.07, 6.45) is 15.0. The van der Waals surface area contributed by atoms with Gasteiger partial charge in [0.15, 0.2) is 5.78 Å². The summed E-state index contributed by atoms with van der Waals surface area (Å²) in [4.78, 5) is 105. The number of epoxide rings is 1. The van der Waals surface area contributed by atoms with Crippen molar-refractivity contribution in [3.8, 4) is 16.6 Å². The van der Waals surface area contributed by atoms with Gasteiger partial charge in [0.05, 0.1) is 109 Å². The van der Waals surface area contributed by atoms with E-state index >= 15 is 0 Å². The number of fused-ring (bicyclic) bond motifs is 2. The van der Waals surface area contributed by atoms with Crippen molar-refractivity contribution < 1.29 is 111 Å². The van der Waals surface area contributed by atoms with Gasteiger partial charge in [-0.25, -0.2) is 33.8 Å². The number of aryl methyl sites for hydroxylation is 1. The van der Waals surface area contributed by atoms with Crippen LogP contribution in [0.15, 0.2) is 123 Å². The van der Waals surface area contributed by atoms with Crippen LogP contribution in [0.3, 0.4) is 0 Å². The number of anilines is 5. The summed E-state index contributed by atoms with van der Waals surface area (Å²) in [5.74, 6) is -2.19. The molecule has 0 amide bonds. The Morgan fingerprint density at radius 1 is 0.560 bits per heavy atom. The third kappa shape index (κ3) is 28.2. The molecule has 27 nitrogen and oxygen atoms in total. The SMILES string of the molecule is C.C.COC(=O)c1cc(N)ccc1Br.COC(=O)c1cc(N2CCCC2)ccc1-c1nc2c(s1)C(O)CCC2.COC(=O)c1cc(N2CCCC2)ccc1Br.COC(=O)c1cc(N2CCCC2)ccc1C#N.COC(=O)c1cc(N2CCCC2)ccc1C(N)=S.COC(=O)c1cc([N+](=O)[O-])ccc1Br.O=C1CCCC2OC12.[C-]#N.[Cu+].[Fe]. The normalized spacial score (nSPS) is 15.9. The van der Waals surface area contributed by atoms with Gasteiger partial charge < -0.3 is 81.2 Å². The largest absolute Gasteiger partial charge is 1.00 e. The Balaban J connectivity index is 0.000000353. The van der Waals surface area contributed by atoms with E-state index in [0.29, 0.717) is 65.5 Å². The molecule has 0 radical (unpaired) electrons. The number of Topliss-reactive ketones (excluding diaryl/α,β-unsaturated/α-hetero) is 1. The molecule has 628 valence electrons. The molecule has 1 saturated carbocycles. The first-order valence-corrected chi connectivity index (χ1v) is 39.5. The van der Waals surface area contributed by atoms with Gasteiger partial charge in [-0.1, -0.05) is 27.1 Å². The van der Waals surface area contributed by atoms with Gasteiger partial charge in [0.25, 0.3) is 5.69 Å². The number of thiocarbonyl (C=S) groups is 1. The molecule has 7 aliphatic rings. The van der Waals surface area contributed by atoms with Crippen molar-refractivity contribution in [2.75, 3.05) is 120 Å². The van der Waals surface area contributed by atoms with E-state index in [1.165, 1.54) is 117 Å². The summed E-state index contributed by atoms with van der Waals surface area (Å²) in [5.41, 5.74) is 20.9. The molecule has 5 N–H and O–H groups in total. The first kappa shape index (κ1) is 101. The molecule has 5 aliphatic heterocycles. The van der Waals surface area contributed by atoms with Gasteiger partial charge >= 0.3 is 52.9 Å². The van der Waals surface area contributed by atoms with Crippen LogP contribution in [0.2, 0.25) is 0 Å². The zero-order chi connectivity index (χ0) is 81.7. The Bertz CT molecular complexity index is 4590. The van der Waals surface area contributed by atoms with Crippen molar-refractivity contribution in [2.45, 2.75) is 123 Å². The van der Waals surface area contributed by atoms with E-state index in [1.807, 2.05) is 54.6 Å². The van der Waals surface area contributed by atoms with Crippen molar-refractivity contribution in [2.24, 2.45) is 5.73 Å². The number of benzene rings is 6. The summed E-state index contributed by atoms with van der Waals surface area (Å²) >= 11 is 16.1. The number of nitrogens with two attached hydrogens (primary N) is 2. The minimum Gasteiger partial charge on any atom is -0.512 e. The van der Waals surface area contributed by atoms with Gasteiger partial charge in [0.1, 0.15) is 22.2 Å². The first-order valence-electron chi connectivity index (χ1n) is 35.9. The zero-order valence-electron chi connectivity index (χ0n) is 63.5. The summed E-state index contributed by atoms with van der Waals surface area (Å²) in [6, 6.07) is 33.5. The number of aromatic nitrogens is 1. The van der Waals surface area contributed by atoms with Crippen LogP contribution in [0.5, 0.6) is 0 Å². The third-order valence-electron chi connectivity index (χ3n) is 18.8. The van der Waals surface area contributed by atoms with Crippen LogP contribution in [-0.2, 0) is 78.5 Å². The van der Waals surface area contributed by atoms with Crippen LogP contribution in [0.1, 0.15) is 188 Å². The number of rotatable bonds is 13. The topological polar surface area (TPSA) is 376 Å². The molecular weight excluding hydrogens is 1820 g/mol. The van der Waals surface area contributed by atoms with E-state index in [2.05, 4.69) is 87.7 Å².